The highest BCUT2D eigenvalue weighted by atomic mass is 19.1. The summed E-state index contributed by atoms with van der Waals surface area (Å²) < 4.78 is 13.7. The molecule has 0 radical (unpaired) electrons. The van der Waals surface area contributed by atoms with Gasteiger partial charge in [-0.2, -0.15) is 0 Å². The molecule has 3 nitrogen and oxygen atoms in total. The zero-order valence-corrected chi connectivity index (χ0v) is 15.3. The van der Waals surface area contributed by atoms with Crippen molar-refractivity contribution in [3.8, 4) is 11.8 Å². The quantitative estimate of drug-likeness (QED) is 0.684. The van der Waals surface area contributed by atoms with Gasteiger partial charge in [-0.15, -0.1) is 0 Å². The highest BCUT2D eigenvalue weighted by Crippen LogP contribution is 2.19. The van der Waals surface area contributed by atoms with E-state index in [0.29, 0.717) is 23.5 Å². The van der Waals surface area contributed by atoms with E-state index in [1.54, 1.807) is 12.1 Å². The number of alkyl halides is 1. The zero-order valence-electron chi connectivity index (χ0n) is 15.3. The fourth-order valence-corrected chi connectivity index (χ4v) is 2.78. The van der Waals surface area contributed by atoms with Crippen LogP contribution in [0.25, 0.3) is 0 Å². The lowest BCUT2D eigenvalue weighted by Gasteiger charge is -2.05. The summed E-state index contributed by atoms with van der Waals surface area (Å²) in [5.74, 6) is 6.42. The highest BCUT2D eigenvalue weighted by molar-refractivity contribution is 5.44. The number of nitrogen functional groups attached to an aromatic ring is 1. The molecule has 0 fully saturated rings. The Balaban J connectivity index is 1.61. The smallest absolute Gasteiger partial charge is 0.140 e. The second-order valence-electron chi connectivity index (χ2n) is 6.40. The van der Waals surface area contributed by atoms with E-state index in [2.05, 4.69) is 46.1 Å². The molecular weight excluding hydrogens is 337 g/mol. The van der Waals surface area contributed by atoms with Crippen molar-refractivity contribution in [3.05, 3.63) is 88.9 Å². The van der Waals surface area contributed by atoms with Crippen molar-refractivity contribution in [2.75, 3.05) is 5.73 Å². The van der Waals surface area contributed by atoms with Crippen LogP contribution in [0, 0.1) is 11.8 Å². The molecule has 0 aliphatic carbocycles. The topological polar surface area (TPSA) is 51.8 Å². The molecule has 1 aromatic carbocycles. The number of halogens is 1. The normalized spacial score (nSPS) is 11.5. The summed E-state index contributed by atoms with van der Waals surface area (Å²) >= 11 is 0. The minimum Gasteiger partial charge on any atom is -0.384 e. The third-order valence-electron chi connectivity index (χ3n) is 4.26. The van der Waals surface area contributed by atoms with Gasteiger partial charge < -0.3 is 5.73 Å². The van der Waals surface area contributed by atoms with Gasteiger partial charge in [0.2, 0.25) is 0 Å². The molecule has 2 aromatic heterocycles. The molecule has 27 heavy (non-hydrogen) atoms. The first-order valence-electron chi connectivity index (χ1n) is 8.99. The first kappa shape index (κ1) is 18.6. The average Bonchev–Trinajstić information content (AvgIpc) is 2.69. The van der Waals surface area contributed by atoms with Crippen LogP contribution in [0.4, 0.5) is 10.2 Å². The molecule has 136 valence electrons. The highest BCUT2D eigenvalue weighted by Gasteiger charge is 2.10. The van der Waals surface area contributed by atoms with Crippen molar-refractivity contribution >= 4 is 5.82 Å². The van der Waals surface area contributed by atoms with E-state index < -0.39 is 6.17 Å². The number of hydrogen-bond donors (Lipinski definition) is 1. The number of pyridine rings is 2. The molecule has 1 atom stereocenters. The predicted molar refractivity (Wildman–Crippen MR) is 107 cm³/mol. The Kier molecular flexibility index (Phi) is 6.17. The molecular formula is C23H22FN3. The van der Waals surface area contributed by atoms with Gasteiger partial charge >= 0.3 is 0 Å². The molecule has 3 aromatic rings. The van der Waals surface area contributed by atoms with E-state index in [1.807, 2.05) is 24.4 Å². The van der Waals surface area contributed by atoms with Gasteiger partial charge in [0.15, 0.2) is 0 Å². The van der Waals surface area contributed by atoms with E-state index in [4.69, 9.17) is 5.73 Å². The summed E-state index contributed by atoms with van der Waals surface area (Å²) in [5, 5.41) is 0. The van der Waals surface area contributed by atoms with E-state index in [9.17, 15) is 4.39 Å². The van der Waals surface area contributed by atoms with Crippen molar-refractivity contribution in [2.24, 2.45) is 0 Å². The summed E-state index contributed by atoms with van der Waals surface area (Å²) in [6, 6.07) is 17.8. The van der Waals surface area contributed by atoms with E-state index in [1.165, 1.54) is 12.5 Å². The summed E-state index contributed by atoms with van der Waals surface area (Å²) in [6.45, 7) is 1.44. The van der Waals surface area contributed by atoms with Crippen LogP contribution in [0.3, 0.4) is 0 Å². The van der Waals surface area contributed by atoms with E-state index in [-0.39, 0.29) is 0 Å². The number of benzene rings is 1. The molecule has 2 heterocycles. The van der Waals surface area contributed by atoms with Crippen LogP contribution in [0.5, 0.6) is 0 Å². The van der Waals surface area contributed by atoms with Gasteiger partial charge in [-0.05, 0) is 55.2 Å². The minimum atomic E-state index is -1.20. The molecule has 4 heteroatoms. The number of aryl methyl sites for hydroxylation is 2. The molecule has 0 aliphatic heterocycles. The van der Waals surface area contributed by atoms with Crippen molar-refractivity contribution in [3.63, 3.8) is 0 Å². The van der Waals surface area contributed by atoms with Crippen LogP contribution in [0.15, 0.2) is 60.8 Å². The first-order valence-corrected chi connectivity index (χ1v) is 8.99. The van der Waals surface area contributed by atoms with E-state index >= 15 is 0 Å². The Morgan fingerprint density at radius 3 is 2.48 bits per heavy atom. The monoisotopic (exact) mass is 359 g/mol. The molecule has 0 bridgehead atoms. The number of rotatable bonds is 5. The standard InChI is InChI=1S/C23H22FN3/c1-17(24)23-20(13-15-22(25)27-23)6-4-5-18-8-10-19(11-9-18)12-14-21-7-2-3-16-26-21/h2-3,7-11,13,15-17H,5,12,14H2,1H3,(H2,25,27). The number of anilines is 1. The van der Waals surface area contributed by atoms with Crippen molar-refractivity contribution < 1.29 is 4.39 Å². The molecule has 0 amide bonds. The lowest BCUT2D eigenvalue weighted by Crippen LogP contribution is -2.00. The van der Waals surface area contributed by atoms with Crippen molar-refractivity contribution in [1.82, 2.24) is 9.97 Å². The zero-order chi connectivity index (χ0) is 19.1. The number of hydrogen-bond acceptors (Lipinski definition) is 3. The SMILES string of the molecule is CC(F)c1nc(N)ccc1C#CCc1ccc(CCc2ccccn2)cc1. The van der Waals surface area contributed by atoms with Gasteiger partial charge in [0.25, 0.3) is 0 Å². The third kappa shape index (κ3) is 5.39. The van der Waals surface area contributed by atoms with Crippen LogP contribution in [0.1, 0.15) is 41.2 Å². The van der Waals surface area contributed by atoms with Gasteiger partial charge in [-0.3, -0.25) is 4.98 Å². The Morgan fingerprint density at radius 2 is 1.78 bits per heavy atom. The van der Waals surface area contributed by atoms with Gasteiger partial charge in [0.1, 0.15) is 12.0 Å². The van der Waals surface area contributed by atoms with E-state index in [0.717, 1.165) is 24.1 Å². The maximum absolute atomic E-state index is 13.7. The van der Waals surface area contributed by atoms with Crippen LogP contribution in [0.2, 0.25) is 0 Å². The summed E-state index contributed by atoms with van der Waals surface area (Å²) in [7, 11) is 0. The molecule has 0 spiro atoms. The maximum Gasteiger partial charge on any atom is 0.140 e. The predicted octanol–water partition coefficient (Wildman–Crippen LogP) is 4.47. The van der Waals surface area contributed by atoms with Gasteiger partial charge in [0.05, 0.1) is 5.69 Å². The van der Waals surface area contributed by atoms with Gasteiger partial charge in [-0.1, -0.05) is 42.2 Å². The molecule has 2 N–H and O–H groups in total. The Morgan fingerprint density at radius 1 is 1.00 bits per heavy atom. The Hall–Kier alpha value is -3.19. The largest absolute Gasteiger partial charge is 0.384 e. The maximum atomic E-state index is 13.7. The Labute approximate surface area is 159 Å². The van der Waals surface area contributed by atoms with Crippen LogP contribution in [-0.4, -0.2) is 9.97 Å². The molecule has 0 aliphatic rings. The summed E-state index contributed by atoms with van der Waals surface area (Å²) in [5.41, 5.74) is 10.0. The van der Waals surface area contributed by atoms with Crippen molar-refractivity contribution in [1.29, 1.82) is 0 Å². The third-order valence-corrected chi connectivity index (χ3v) is 4.26. The molecule has 0 saturated carbocycles. The summed E-state index contributed by atoms with van der Waals surface area (Å²) in [6.07, 6.45) is 3.11. The minimum absolute atomic E-state index is 0.298. The fourth-order valence-electron chi connectivity index (χ4n) is 2.78. The molecule has 1 unspecified atom stereocenters. The second kappa shape index (κ2) is 8.95. The van der Waals surface area contributed by atoms with Crippen molar-refractivity contribution in [2.45, 2.75) is 32.4 Å². The fraction of sp³-hybridized carbons (Fsp3) is 0.217. The second-order valence-corrected chi connectivity index (χ2v) is 6.40. The van der Waals surface area contributed by atoms with Crippen LogP contribution in [-0.2, 0) is 19.3 Å². The molecule has 3 rings (SSSR count). The van der Waals surface area contributed by atoms with Gasteiger partial charge in [0, 0.05) is 23.9 Å². The molecule has 0 saturated heterocycles. The number of nitrogens with two attached hydrogens (primary N) is 1. The lowest BCUT2D eigenvalue weighted by molar-refractivity contribution is 0.365. The number of aromatic nitrogens is 2. The van der Waals surface area contributed by atoms with Gasteiger partial charge in [-0.25, -0.2) is 9.37 Å². The number of nitrogens with zero attached hydrogens (tertiary/aromatic N) is 2. The lowest BCUT2D eigenvalue weighted by atomic mass is 10.0. The summed E-state index contributed by atoms with van der Waals surface area (Å²) in [4.78, 5) is 8.40. The Bertz CT molecular complexity index is 939. The van der Waals surface area contributed by atoms with Crippen LogP contribution >= 0.6 is 0 Å². The van der Waals surface area contributed by atoms with Crippen LogP contribution < -0.4 is 5.73 Å². The first-order chi connectivity index (χ1) is 13.1. The average molecular weight is 359 g/mol.